The van der Waals surface area contributed by atoms with Crippen molar-refractivity contribution in [1.82, 2.24) is 4.72 Å². The molecule has 1 fully saturated rings. The van der Waals surface area contributed by atoms with Crippen LogP contribution in [0.5, 0.6) is 0 Å². The monoisotopic (exact) mass is 297 g/mol. The molecule has 1 unspecified atom stereocenters. The van der Waals surface area contributed by atoms with Crippen molar-refractivity contribution in [1.29, 1.82) is 0 Å². The third-order valence-corrected chi connectivity index (χ3v) is 5.44. The molecule has 0 heterocycles. The number of halogens is 1. The molecular formula is C10H20BrNO2S. The van der Waals surface area contributed by atoms with E-state index in [-0.39, 0.29) is 6.04 Å². The molecule has 15 heavy (non-hydrogen) atoms. The smallest absolute Gasteiger partial charge is 0.212 e. The zero-order valence-electron chi connectivity index (χ0n) is 9.21. The molecular weight excluding hydrogens is 278 g/mol. The van der Waals surface area contributed by atoms with E-state index in [2.05, 4.69) is 20.7 Å². The van der Waals surface area contributed by atoms with Crippen LogP contribution in [0.3, 0.4) is 0 Å². The summed E-state index contributed by atoms with van der Waals surface area (Å²) in [5, 5.41) is 0.664. The number of hydrogen-bond donors (Lipinski definition) is 1. The fourth-order valence-electron chi connectivity index (χ4n) is 2.05. The molecule has 90 valence electrons. The van der Waals surface area contributed by atoms with Crippen LogP contribution in [0.15, 0.2) is 0 Å². The highest BCUT2D eigenvalue weighted by molar-refractivity contribution is 9.09. The highest BCUT2D eigenvalue weighted by Crippen LogP contribution is 2.24. The van der Waals surface area contributed by atoms with Gasteiger partial charge < -0.3 is 0 Å². The van der Waals surface area contributed by atoms with Gasteiger partial charge in [0.2, 0.25) is 10.0 Å². The predicted octanol–water partition coefficient (Wildman–Crippen LogP) is 2.27. The standard InChI is InChI=1S/C10H20BrNO2S/c1-9(7-11)12-15(13,14)8-10-5-3-2-4-6-10/h9-10,12H,2-8H2,1H3. The van der Waals surface area contributed by atoms with Crippen molar-refractivity contribution < 1.29 is 8.42 Å². The molecule has 0 aromatic rings. The van der Waals surface area contributed by atoms with E-state index in [1.54, 1.807) is 0 Å². The summed E-state index contributed by atoms with van der Waals surface area (Å²) in [6.07, 6.45) is 5.79. The second-order valence-electron chi connectivity index (χ2n) is 4.46. The van der Waals surface area contributed by atoms with Gasteiger partial charge in [-0.2, -0.15) is 0 Å². The number of rotatable bonds is 5. The van der Waals surface area contributed by atoms with E-state index in [1.165, 1.54) is 19.3 Å². The summed E-state index contributed by atoms with van der Waals surface area (Å²) < 4.78 is 26.2. The van der Waals surface area contributed by atoms with Gasteiger partial charge in [-0.15, -0.1) is 0 Å². The van der Waals surface area contributed by atoms with Crippen molar-refractivity contribution in [3.63, 3.8) is 0 Å². The maximum Gasteiger partial charge on any atom is 0.212 e. The van der Waals surface area contributed by atoms with Crippen LogP contribution in [0, 0.1) is 5.92 Å². The Morgan fingerprint density at radius 1 is 1.33 bits per heavy atom. The summed E-state index contributed by atoms with van der Waals surface area (Å²) in [5.74, 6) is 0.684. The maximum absolute atomic E-state index is 11.7. The quantitative estimate of drug-likeness (QED) is 0.791. The normalized spacial score (nSPS) is 21.5. The number of nitrogens with one attached hydrogen (secondary N) is 1. The highest BCUT2D eigenvalue weighted by atomic mass is 79.9. The lowest BCUT2D eigenvalue weighted by atomic mass is 9.91. The van der Waals surface area contributed by atoms with Crippen LogP contribution in [0.25, 0.3) is 0 Å². The molecule has 1 rings (SSSR count). The van der Waals surface area contributed by atoms with E-state index in [1.807, 2.05) is 6.92 Å². The van der Waals surface area contributed by atoms with Crippen LogP contribution in [-0.4, -0.2) is 25.5 Å². The first-order valence-corrected chi connectivity index (χ1v) is 8.37. The first kappa shape index (κ1) is 13.5. The fourth-order valence-corrected chi connectivity index (χ4v) is 4.17. The summed E-state index contributed by atoms with van der Waals surface area (Å²) in [7, 11) is -3.07. The average Bonchev–Trinajstić information content (AvgIpc) is 2.17. The number of hydrogen-bond acceptors (Lipinski definition) is 2. The molecule has 1 atom stereocenters. The van der Waals surface area contributed by atoms with Crippen LogP contribution >= 0.6 is 15.9 Å². The summed E-state index contributed by atoms with van der Waals surface area (Å²) in [4.78, 5) is 0. The molecule has 1 saturated carbocycles. The lowest BCUT2D eigenvalue weighted by Crippen LogP contribution is -2.37. The molecule has 1 aliphatic rings. The third kappa shape index (κ3) is 5.31. The molecule has 5 heteroatoms. The summed E-state index contributed by atoms with van der Waals surface area (Å²) in [5.41, 5.74) is 0. The van der Waals surface area contributed by atoms with Crippen LogP contribution in [-0.2, 0) is 10.0 Å². The molecule has 0 spiro atoms. The average molecular weight is 298 g/mol. The SMILES string of the molecule is CC(CBr)NS(=O)(=O)CC1CCCCC1. The van der Waals surface area contributed by atoms with Gasteiger partial charge in [0.05, 0.1) is 5.75 Å². The Kier molecular flexibility index (Phi) is 5.57. The van der Waals surface area contributed by atoms with Crippen LogP contribution in [0.4, 0.5) is 0 Å². The molecule has 0 aromatic carbocycles. The van der Waals surface area contributed by atoms with Crippen molar-refractivity contribution in [2.45, 2.75) is 45.1 Å². The fraction of sp³-hybridized carbons (Fsp3) is 1.00. The number of alkyl halides is 1. The van der Waals surface area contributed by atoms with Gasteiger partial charge in [0.25, 0.3) is 0 Å². The molecule has 0 amide bonds. The lowest BCUT2D eigenvalue weighted by Gasteiger charge is -2.22. The summed E-state index contributed by atoms with van der Waals surface area (Å²) >= 11 is 3.27. The molecule has 0 aromatic heterocycles. The Hall–Kier alpha value is 0.390. The zero-order valence-corrected chi connectivity index (χ0v) is 11.6. The Morgan fingerprint density at radius 3 is 2.47 bits per heavy atom. The van der Waals surface area contributed by atoms with Crippen molar-refractivity contribution >= 4 is 26.0 Å². The van der Waals surface area contributed by atoms with Crippen molar-refractivity contribution in [2.75, 3.05) is 11.1 Å². The second-order valence-corrected chi connectivity index (χ2v) is 6.90. The van der Waals surface area contributed by atoms with Gasteiger partial charge in [0, 0.05) is 11.4 Å². The Morgan fingerprint density at radius 2 is 1.93 bits per heavy atom. The topological polar surface area (TPSA) is 46.2 Å². The predicted molar refractivity (Wildman–Crippen MR) is 66.8 cm³/mol. The van der Waals surface area contributed by atoms with Crippen LogP contribution < -0.4 is 4.72 Å². The van der Waals surface area contributed by atoms with E-state index in [4.69, 9.17) is 0 Å². The molecule has 1 N–H and O–H groups in total. The molecule has 0 saturated heterocycles. The number of sulfonamides is 1. The Balaban J connectivity index is 2.40. The lowest BCUT2D eigenvalue weighted by molar-refractivity contribution is 0.383. The van der Waals surface area contributed by atoms with E-state index >= 15 is 0 Å². The highest BCUT2D eigenvalue weighted by Gasteiger charge is 2.22. The minimum absolute atomic E-state index is 0.0152. The minimum Gasteiger partial charge on any atom is -0.212 e. The van der Waals surface area contributed by atoms with Crippen molar-refractivity contribution in [3.8, 4) is 0 Å². The molecule has 1 aliphatic carbocycles. The zero-order chi connectivity index (χ0) is 11.3. The molecule has 0 radical (unpaired) electrons. The first-order valence-electron chi connectivity index (χ1n) is 5.59. The summed E-state index contributed by atoms with van der Waals surface area (Å²) in [6.45, 7) is 1.87. The first-order chi connectivity index (χ1) is 7.03. The van der Waals surface area contributed by atoms with Crippen molar-refractivity contribution in [2.24, 2.45) is 5.92 Å². The largest absolute Gasteiger partial charge is 0.212 e. The van der Waals surface area contributed by atoms with Gasteiger partial charge in [0.15, 0.2) is 0 Å². The van der Waals surface area contributed by atoms with Crippen LogP contribution in [0.2, 0.25) is 0 Å². The van der Waals surface area contributed by atoms with Crippen molar-refractivity contribution in [3.05, 3.63) is 0 Å². The Bertz CT molecular complexity index is 273. The summed E-state index contributed by atoms with van der Waals surface area (Å²) in [6, 6.07) is -0.0152. The van der Waals surface area contributed by atoms with Gasteiger partial charge in [-0.05, 0) is 25.7 Å². The van der Waals surface area contributed by atoms with Gasteiger partial charge in [0.1, 0.15) is 0 Å². The van der Waals surface area contributed by atoms with Gasteiger partial charge in [-0.3, -0.25) is 0 Å². The van der Waals surface area contributed by atoms with Gasteiger partial charge in [-0.1, -0.05) is 35.2 Å². The minimum atomic E-state index is -3.07. The van der Waals surface area contributed by atoms with E-state index in [0.29, 0.717) is 17.0 Å². The molecule has 0 aliphatic heterocycles. The molecule has 0 bridgehead atoms. The second kappa shape index (κ2) is 6.21. The van der Waals surface area contributed by atoms with E-state index in [0.717, 1.165) is 12.8 Å². The molecule has 3 nitrogen and oxygen atoms in total. The van der Waals surface area contributed by atoms with E-state index < -0.39 is 10.0 Å². The van der Waals surface area contributed by atoms with E-state index in [9.17, 15) is 8.42 Å². The Labute approximate surface area is 101 Å². The van der Waals surface area contributed by atoms with Gasteiger partial charge >= 0.3 is 0 Å². The van der Waals surface area contributed by atoms with Gasteiger partial charge in [-0.25, -0.2) is 13.1 Å². The maximum atomic E-state index is 11.7. The third-order valence-electron chi connectivity index (χ3n) is 2.79. The van der Waals surface area contributed by atoms with Crippen LogP contribution in [0.1, 0.15) is 39.0 Å².